The van der Waals surface area contributed by atoms with Crippen LogP contribution in [-0.2, 0) is 26.2 Å². The molecule has 8 nitrogen and oxygen atoms in total. The summed E-state index contributed by atoms with van der Waals surface area (Å²) in [7, 11) is -3.88. The Bertz CT molecular complexity index is 1460. The minimum Gasteiger partial charge on any atom is -0.457 e. The second-order valence-electron chi connectivity index (χ2n) is 10.6. The number of carbonyl (C=O) groups excluding carboxylic acids is 2. The summed E-state index contributed by atoms with van der Waals surface area (Å²) >= 11 is 12.3. The average Bonchev–Trinajstić information content (AvgIpc) is 2.88. The van der Waals surface area contributed by atoms with Crippen molar-refractivity contribution < 1.29 is 22.7 Å². The van der Waals surface area contributed by atoms with Crippen LogP contribution in [0.4, 0.5) is 5.69 Å². The first kappa shape index (κ1) is 32.2. The highest BCUT2D eigenvalue weighted by Gasteiger charge is 2.33. The molecule has 0 aliphatic heterocycles. The zero-order chi connectivity index (χ0) is 30.4. The van der Waals surface area contributed by atoms with Gasteiger partial charge in [-0.25, -0.2) is 8.42 Å². The van der Waals surface area contributed by atoms with Crippen LogP contribution in [0.25, 0.3) is 0 Å². The molecule has 3 aromatic rings. The lowest BCUT2D eigenvalue weighted by molar-refractivity contribution is -0.141. The molecule has 0 radical (unpaired) electrons. The highest BCUT2D eigenvalue weighted by atomic mass is 35.5. The van der Waals surface area contributed by atoms with E-state index in [1.807, 2.05) is 39.0 Å². The predicted molar refractivity (Wildman–Crippen MR) is 164 cm³/mol. The minimum absolute atomic E-state index is 0.0211. The van der Waals surface area contributed by atoms with Crippen LogP contribution in [-0.4, -0.2) is 49.5 Å². The Morgan fingerprint density at radius 2 is 1.54 bits per heavy atom. The number of halogens is 2. The Balaban J connectivity index is 1.92. The van der Waals surface area contributed by atoms with E-state index >= 15 is 0 Å². The van der Waals surface area contributed by atoms with Crippen LogP contribution in [0.2, 0.25) is 10.0 Å². The maximum Gasteiger partial charge on any atom is 0.244 e. The average molecular weight is 621 g/mol. The zero-order valence-corrected chi connectivity index (χ0v) is 26.1. The van der Waals surface area contributed by atoms with Crippen LogP contribution >= 0.6 is 23.2 Å². The molecule has 0 saturated carbocycles. The third-order valence-corrected chi connectivity index (χ3v) is 7.88. The van der Waals surface area contributed by atoms with Crippen LogP contribution in [0.15, 0.2) is 72.8 Å². The van der Waals surface area contributed by atoms with E-state index < -0.39 is 34.1 Å². The Morgan fingerprint density at radius 1 is 0.927 bits per heavy atom. The fourth-order valence-corrected chi connectivity index (χ4v) is 5.30. The molecule has 3 rings (SSSR count). The fraction of sp³-hybridized carbons (Fsp3) is 0.333. The van der Waals surface area contributed by atoms with Crippen molar-refractivity contribution in [2.24, 2.45) is 0 Å². The summed E-state index contributed by atoms with van der Waals surface area (Å²) in [6.07, 6.45) is 1.33. The number of benzene rings is 3. The van der Waals surface area contributed by atoms with E-state index in [0.717, 1.165) is 10.6 Å². The molecule has 2 amide bonds. The number of carbonyl (C=O) groups is 2. The lowest BCUT2D eigenvalue weighted by Crippen LogP contribution is -2.55. The summed E-state index contributed by atoms with van der Waals surface area (Å²) in [5.41, 5.74) is 0.386. The molecular formula is C30H35Cl2N3O5S. The Kier molecular flexibility index (Phi) is 10.7. The van der Waals surface area contributed by atoms with Gasteiger partial charge in [-0.2, -0.15) is 0 Å². The van der Waals surface area contributed by atoms with E-state index in [4.69, 9.17) is 27.9 Å². The van der Waals surface area contributed by atoms with Gasteiger partial charge in [-0.1, -0.05) is 54.4 Å². The third-order valence-electron chi connectivity index (χ3n) is 6.00. The molecule has 0 saturated heterocycles. The Labute approximate surface area is 252 Å². The molecule has 41 heavy (non-hydrogen) atoms. The van der Waals surface area contributed by atoms with Gasteiger partial charge in [0.1, 0.15) is 24.1 Å². The lowest BCUT2D eigenvalue weighted by Gasteiger charge is -2.34. The smallest absolute Gasteiger partial charge is 0.244 e. The number of sulfonamides is 1. The molecule has 0 unspecified atom stereocenters. The van der Waals surface area contributed by atoms with Crippen molar-refractivity contribution in [1.82, 2.24) is 10.2 Å². The van der Waals surface area contributed by atoms with Crippen molar-refractivity contribution in [3.63, 3.8) is 0 Å². The molecular weight excluding hydrogens is 585 g/mol. The van der Waals surface area contributed by atoms with Crippen molar-refractivity contribution >= 4 is 50.7 Å². The Hall–Kier alpha value is -3.27. The SMILES string of the molecule is CC[C@@H](C(=O)NC(C)(C)C)N(Cc1ccc(Cl)c(Cl)c1)C(=O)CN(c1ccc(Oc2ccccc2)cc1)S(C)(=O)=O. The Morgan fingerprint density at radius 3 is 2.07 bits per heavy atom. The van der Waals surface area contributed by atoms with Gasteiger partial charge in [-0.15, -0.1) is 0 Å². The normalized spacial score (nSPS) is 12.4. The van der Waals surface area contributed by atoms with E-state index in [-0.39, 0.29) is 18.1 Å². The van der Waals surface area contributed by atoms with Crippen LogP contribution in [0, 0.1) is 0 Å². The van der Waals surface area contributed by atoms with Crippen LogP contribution in [0.1, 0.15) is 39.7 Å². The van der Waals surface area contributed by atoms with E-state index in [9.17, 15) is 18.0 Å². The first-order valence-electron chi connectivity index (χ1n) is 13.0. The summed E-state index contributed by atoms with van der Waals surface area (Å²) in [5.74, 6) is 0.238. The minimum atomic E-state index is -3.88. The van der Waals surface area contributed by atoms with Gasteiger partial charge in [-0.05, 0) is 81.3 Å². The van der Waals surface area contributed by atoms with E-state index in [2.05, 4.69) is 5.32 Å². The maximum atomic E-state index is 13.9. The quantitative estimate of drug-likeness (QED) is 0.273. The number of hydrogen-bond donors (Lipinski definition) is 1. The number of anilines is 1. The number of hydrogen-bond acceptors (Lipinski definition) is 5. The van der Waals surface area contributed by atoms with Gasteiger partial charge in [-0.3, -0.25) is 13.9 Å². The van der Waals surface area contributed by atoms with Gasteiger partial charge >= 0.3 is 0 Å². The molecule has 0 aliphatic rings. The molecule has 1 N–H and O–H groups in total. The summed E-state index contributed by atoms with van der Waals surface area (Å²) in [6.45, 7) is 6.84. The predicted octanol–water partition coefficient (Wildman–Crippen LogP) is 6.27. The van der Waals surface area contributed by atoms with E-state index in [0.29, 0.717) is 33.5 Å². The third kappa shape index (κ3) is 9.38. The molecule has 220 valence electrons. The molecule has 0 aromatic heterocycles. The summed E-state index contributed by atoms with van der Waals surface area (Å²) in [5, 5.41) is 3.59. The zero-order valence-electron chi connectivity index (χ0n) is 23.7. The molecule has 0 spiro atoms. The number of ether oxygens (including phenoxy) is 1. The number of amides is 2. The summed E-state index contributed by atoms with van der Waals surface area (Å²) in [6, 6.07) is 19.6. The first-order valence-corrected chi connectivity index (χ1v) is 15.6. The molecule has 0 heterocycles. The molecule has 11 heteroatoms. The fourth-order valence-electron chi connectivity index (χ4n) is 4.13. The van der Waals surface area contributed by atoms with Gasteiger partial charge in [0.05, 0.1) is 22.0 Å². The van der Waals surface area contributed by atoms with E-state index in [1.54, 1.807) is 61.5 Å². The first-order chi connectivity index (χ1) is 19.2. The molecule has 1 atom stereocenters. The van der Waals surface area contributed by atoms with E-state index in [1.165, 1.54) is 4.90 Å². The largest absolute Gasteiger partial charge is 0.457 e. The van der Waals surface area contributed by atoms with Gasteiger partial charge in [0.2, 0.25) is 21.8 Å². The van der Waals surface area contributed by atoms with Gasteiger partial charge in [0.15, 0.2) is 0 Å². The van der Waals surface area contributed by atoms with Crippen LogP contribution in [0.5, 0.6) is 11.5 Å². The number of para-hydroxylation sites is 1. The highest BCUT2D eigenvalue weighted by Crippen LogP contribution is 2.27. The van der Waals surface area contributed by atoms with Crippen molar-refractivity contribution in [3.8, 4) is 11.5 Å². The standard InChI is InChI=1S/C30H35Cl2N3O5S/c1-6-27(29(37)33-30(2,3)4)34(19-21-12-17-25(31)26(32)18-21)28(36)20-35(41(5,38)39)22-13-15-24(16-14-22)40-23-10-8-7-9-11-23/h7-18,27H,6,19-20H2,1-5H3,(H,33,37)/t27-/m0/s1. The van der Waals surface area contributed by atoms with Crippen molar-refractivity contribution in [2.75, 3.05) is 17.1 Å². The van der Waals surface area contributed by atoms with Crippen molar-refractivity contribution in [1.29, 1.82) is 0 Å². The van der Waals surface area contributed by atoms with Crippen molar-refractivity contribution in [2.45, 2.75) is 52.2 Å². The maximum absolute atomic E-state index is 13.9. The van der Waals surface area contributed by atoms with Crippen molar-refractivity contribution in [3.05, 3.63) is 88.4 Å². The van der Waals surface area contributed by atoms with Gasteiger partial charge in [0.25, 0.3) is 0 Å². The van der Waals surface area contributed by atoms with Crippen LogP contribution < -0.4 is 14.4 Å². The topological polar surface area (TPSA) is 96.0 Å². The highest BCUT2D eigenvalue weighted by molar-refractivity contribution is 7.92. The molecule has 0 bridgehead atoms. The summed E-state index contributed by atoms with van der Waals surface area (Å²) < 4.78 is 32.6. The number of rotatable bonds is 11. The summed E-state index contributed by atoms with van der Waals surface area (Å²) in [4.78, 5) is 28.5. The molecule has 3 aromatic carbocycles. The number of nitrogens with zero attached hydrogens (tertiary/aromatic N) is 2. The lowest BCUT2D eigenvalue weighted by atomic mass is 10.1. The second-order valence-corrected chi connectivity index (χ2v) is 13.3. The second kappa shape index (κ2) is 13.6. The number of nitrogens with one attached hydrogen (secondary N) is 1. The van der Waals surface area contributed by atoms with Crippen LogP contribution in [0.3, 0.4) is 0 Å². The molecule has 0 fully saturated rings. The monoisotopic (exact) mass is 619 g/mol. The van der Waals surface area contributed by atoms with Gasteiger partial charge in [0, 0.05) is 12.1 Å². The molecule has 0 aliphatic carbocycles. The van der Waals surface area contributed by atoms with Gasteiger partial charge < -0.3 is 15.0 Å².